The van der Waals surface area contributed by atoms with E-state index in [-0.39, 0.29) is 5.91 Å². The fourth-order valence-electron chi connectivity index (χ4n) is 4.02. The highest BCUT2D eigenvalue weighted by atomic mass is 16.1. The number of aromatic nitrogens is 2. The molecule has 1 aliphatic rings. The van der Waals surface area contributed by atoms with Gasteiger partial charge in [-0.15, -0.1) is 0 Å². The quantitative estimate of drug-likeness (QED) is 0.611. The van der Waals surface area contributed by atoms with Gasteiger partial charge in [0, 0.05) is 37.6 Å². The van der Waals surface area contributed by atoms with Crippen LogP contribution in [0.25, 0.3) is 5.69 Å². The summed E-state index contributed by atoms with van der Waals surface area (Å²) in [4.78, 5) is 17.2. The minimum atomic E-state index is 0.0197. The smallest absolute Gasteiger partial charge is 0.227 e. The molecule has 1 aromatic heterocycles. The van der Waals surface area contributed by atoms with Gasteiger partial charge in [0.15, 0.2) is 0 Å². The number of para-hydroxylation sites is 2. The molecule has 31 heavy (non-hydrogen) atoms. The highest BCUT2D eigenvalue weighted by Crippen LogP contribution is 2.16. The van der Waals surface area contributed by atoms with Gasteiger partial charge in [0.05, 0.1) is 24.5 Å². The van der Waals surface area contributed by atoms with Crippen LogP contribution in [0.3, 0.4) is 0 Å². The van der Waals surface area contributed by atoms with Crippen molar-refractivity contribution in [2.24, 2.45) is 0 Å². The molecule has 0 saturated carbocycles. The van der Waals surface area contributed by atoms with Crippen LogP contribution in [0.2, 0.25) is 0 Å². The monoisotopic (exact) mass is 417 g/mol. The van der Waals surface area contributed by atoms with Gasteiger partial charge in [0.1, 0.15) is 0 Å². The lowest BCUT2D eigenvalue weighted by atomic mass is 10.2. The molecule has 0 bridgehead atoms. The number of hydrogen-bond donors (Lipinski definition) is 1. The average Bonchev–Trinajstić information content (AvgIpc) is 3.21. The maximum Gasteiger partial charge on any atom is 0.227 e. The van der Waals surface area contributed by atoms with Gasteiger partial charge in [-0.1, -0.05) is 49.7 Å². The van der Waals surface area contributed by atoms with E-state index in [2.05, 4.69) is 52.4 Å². The molecular weight excluding hydrogens is 386 g/mol. The van der Waals surface area contributed by atoms with Crippen LogP contribution in [0.5, 0.6) is 0 Å². The van der Waals surface area contributed by atoms with Crippen molar-refractivity contribution < 1.29 is 4.79 Å². The Morgan fingerprint density at radius 2 is 1.58 bits per heavy atom. The van der Waals surface area contributed by atoms with Crippen LogP contribution in [0.1, 0.15) is 24.7 Å². The molecule has 6 nitrogen and oxygen atoms in total. The maximum atomic E-state index is 12.6. The summed E-state index contributed by atoms with van der Waals surface area (Å²) >= 11 is 0. The van der Waals surface area contributed by atoms with Gasteiger partial charge < -0.3 is 10.2 Å². The van der Waals surface area contributed by atoms with Crippen molar-refractivity contribution in [2.45, 2.75) is 26.2 Å². The molecule has 0 spiro atoms. The molecule has 3 aromatic rings. The van der Waals surface area contributed by atoms with Crippen LogP contribution >= 0.6 is 0 Å². The van der Waals surface area contributed by atoms with Crippen LogP contribution in [0, 0.1) is 0 Å². The van der Waals surface area contributed by atoms with Crippen LogP contribution in [-0.2, 0) is 17.6 Å². The van der Waals surface area contributed by atoms with E-state index in [1.54, 1.807) is 0 Å². The molecule has 2 aromatic carbocycles. The Morgan fingerprint density at radius 1 is 0.935 bits per heavy atom. The van der Waals surface area contributed by atoms with Gasteiger partial charge in [-0.05, 0) is 36.8 Å². The van der Waals surface area contributed by atoms with Gasteiger partial charge in [-0.2, -0.15) is 5.10 Å². The minimum Gasteiger partial charge on any atom is -0.369 e. The van der Waals surface area contributed by atoms with Gasteiger partial charge in [-0.3, -0.25) is 9.69 Å². The van der Waals surface area contributed by atoms with Crippen LogP contribution in [0.4, 0.5) is 5.69 Å². The summed E-state index contributed by atoms with van der Waals surface area (Å²) in [7, 11) is 0. The molecule has 1 aliphatic heterocycles. The van der Waals surface area contributed by atoms with E-state index in [0.29, 0.717) is 13.1 Å². The summed E-state index contributed by atoms with van der Waals surface area (Å²) in [6, 6.07) is 22.7. The third-order valence-electron chi connectivity index (χ3n) is 5.68. The molecule has 1 fully saturated rings. The number of carbonyl (C=O) groups excluding carboxylic acids is 1. The number of aryl methyl sites for hydroxylation is 1. The lowest BCUT2D eigenvalue weighted by Crippen LogP contribution is -2.50. The number of rotatable bonds is 8. The normalized spacial score (nSPS) is 14.5. The molecule has 6 heteroatoms. The Hall–Kier alpha value is -3.12. The zero-order valence-electron chi connectivity index (χ0n) is 18.2. The van der Waals surface area contributed by atoms with E-state index in [4.69, 9.17) is 5.10 Å². The third-order valence-corrected chi connectivity index (χ3v) is 5.68. The number of carbonyl (C=O) groups is 1. The molecule has 1 N–H and O–H groups in total. The van der Waals surface area contributed by atoms with E-state index in [9.17, 15) is 4.79 Å². The Kier molecular flexibility index (Phi) is 6.99. The molecule has 1 amide bonds. The summed E-state index contributed by atoms with van der Waals surface area (Å²) in [6.45, 7) is 6.58. The lowest BCUT2D eigenvalue weighted by molar-refractivity contribution is -0.121. The largest absolute Gasteiger partial charge is 0.369 e. The third kappa shape index (κ3) is 5.52. The molecule has 0 unspecified atom stereocenters. The molecule has 0 aliphatic carbocycles. The molecular formula is C25H31N5O. The lowest BCUT2D eigenvalue weighted by Gasteiger charge is -2.36. The van der Waals surface area contributed by atoms with Gasteiger partial charge in [-0.25, -0.2) is 4.68 Å². The number of benzene rings is 2. The highest BCUT2D eigenvalue weighted by molar-refractivity contribution is 5.78. The topological polar surface area (TPSA) is 53.4 Å². The van der Waals surface area contributed by atoms with Crippen molar-refractivity contribution in [3.8, 4) is 5.69 Å². The Bertz CT molecular complexity index is 962. The molecule has 162 valence electrons. The van der Waals surface area contributed by atoms with E-state index < -0.39 is 0 Å². The van der Waals surface area contributed by atoms with E-state index in [1.807, 2.05) is 41.1 Å². The second kappa shape index (κ2) is 10.3. The van der Waals surface area contributed by atoms with Crippen LogP contribution < -0.4 is 10.2 Å². The molecule has 0 radical (unpaired) electrons. The first-order valence-corrected chi connectivity index (χ1v) is 11.1. The van der Waals surface area contributed by atoms with Crippen molar-refractivity contribution in [3.63, 3.8) is 0 Å². The van der Waals surface area contributed by atoms with Crippen LogP contribution in [0.15, 0.2) is 66.7 Å². The Balaban J connectivity index is 1.28. The second-order valence-corrected chi connectivity index (χ2v) is 8.00. The van der Waals surface area contributed by atoms with Crippen molar-refractivity contribution in [1.82, 2.24) is 20.0 Å². The number of nitrogens with zero attached hydrogens (tertiary/aromatic N) is 4. The van der Waals surface area contributed by atoms with E-state index in [1.165, 1.54) is 5.69 Å². The SMILES string of the molecule is CCCc1cc(CC(=O)NCN2CCN(c3ccccc3)CC2)nn1-c1ccccc1. The summed E-state index contributed by atoms with van der Waals surface area (Å²) < 4.78 is 1.97. The first-order valence-electron chi connectivity index (χ1n) is 11.1. The molecule has 1 saturated heterocycles. The van der Waals surface area contributed by atoms with Crippen molar-refractivity contribution in [2.75, 3.05) is 37.7 Å². The average molecular weight is 418 g/mol. The van der Waals surface area contributed by atoms with Crippen molar-refractivity contribution in [3.05, 3.63) is 78.1 Å². The summed E-state index contributed by atoms with van der Waals surface area (Å²) in [5, 5.41) is 7.79. The number of amides is 1. The maximum absolute atomic E-state index is 12.6. The zero-order valence-corrected chi connectivity index (χ0v) is 18.2. The van der Waals surface area contributed by atoms with Gasteiger partial charge >= 0.3 is 0 Å². The Labute approximate surface area is 184 Å². The highest BCUT2D eigenvalue weighted by Gasteiger charge is 2.18. The Morgan fingerprint density at radius 3 is 2.23 bits per heavy atom. The number of anilines is 1. The van der Waals surface area contributed by atoms with Crippen molar-refractivity contribution in [1.29, 1.82) is 0 Å². The predicted octanol–water partition coefficient (Wildman–Crippen LogP) is 3.26. The summed E-state index contributed by atoms with van der Waals surface area (Å²) in [5.74, 6) is 0.0197. The molecule has 2 heterocycles. The molecule has 0 atom stereocenters. The van der Waals surface area contributed by atoms with Gasteiger partial charge in [0.2, 0.25) is 5.91 Å². The fourth-order valence-corrected chi connectivity index (χ4v) is 4.02. The van der Waals surface area contributed by atoms with Gasteiger partial charge in [0.25, 0.3) is 0 Å². The molecule has 4 rings (SSSR count). The first-order chi connectivity index (χ1) is 15.2. The standard InChI is InChI=1S/C25H31N5O/c1-2-9-24-18-21(27-30(24)23-12-7-4-8-13-23)19-25(31)26-20-28-14-16-29(17-15-28)22-10-5-3-6-11-22/h3-8,10-13,18H,2,9,14-17,19-20H2,1H3,(H,26,31). The fraction of sp³-hybridized carbons (Fsp3) is 0.360. The van der Waals surface area contributed by atoms with E-state index in [0.717, 1.165) is 56.1 Å². The van der Waals surface area contributed by atoms with E-state index >= 15 is 0 Å². The first kappa shape index (κ1) is 21.1. The number of nitrogens with one attached hydrogen (secondary N) is 1. The van der Waals surface area contributed by atoms with Crippen LogP contribution in [-0.4, -0.2) is 53.4 Å². The van der Waals surface area contributed by atoms with Crippen molar-refractivity contribution >= 4 is 11.6 Å². The predicted molar refractivity (Wildman–Crippen MR) is 125 cm³/mol. The number of hydrogen-bond acceptors (Lipinski definition) is 4. The summed E-state index contributed by atoms with van der Waals surface area (Å²) in [6.07, 6.45) is 2.29. The second-order valence-electron chi connectivity index (χ2n) is 8.00. The summed E-state index contributed by atoms with van der Waals surface area (Å²) in [5.41, 5.74) is 4.27. The number of piperazine rings is 1. The minimum absolute atomic E-state index is 0.0197. The zero-order chi connectivity index (χ0) is 21.5.